The molecule has 4 heteroatoms. The van der Waals surface area contributed by atoms with Crippen molar-refractivity contribution in [1.29, 1.82) is 0 Å². The van der Waals surface area contributed by atoms with Crippen LogP contribution in [0.4, 0.5) is 0 Å². The van der Waals surface area contributed by atoms with Crippen molar-refractivity contribution in [3.63, 3.8) is 0 Å². The molecule has 0 spiro atoms. The molecule has 2 aliphatic rings. The predicted octanol–water partition coefficient (Wildman–Crippen LogP) is 4.24. The van der Waals surface area contributed by atoms with Crippen molar-refractivity contribution in [2.24, 2.45) is 0 Å². The van der Waals surface area contributed by atoms with Crippen LogP contribution in [0.1, 0.15) is 71.1 Å². The first kappa shape index (κ1) is 13.6. The van der Waals surface area contributed by atoms with Crippen molar-refractivity contribution < 1.29 is 14.0 Å². The standard InChI is InChI=1S/C13H25O3P/c1-13(10-6-3-7-11-13)16-17(14,15)12-8-4-2-5-9-12/h12H,2-11H2,1H3,(H,14,15). The lowest BCUT2D eigenvalue weighted by molar-refractivity contribution is 0.0341. The van der Waals surface area contributed by atoms with E-state index in [1.54, 1.807) is 0 Å². The first-order valence-corrected chi connectivity index (χ1v) is 8.70. The van der Waals surface area contributed by atoms with Crippen LogP contribution in [0.3, 0.4) is 0 Å². The quantitative estimate of drug-likeness (QED) is 0.772. The lowest BCUT2D eigenvalue weighted by Crippen LogP contribution is -2.32. The van der Waals surface area contributed by atoms with Crippen molar-refractivity contribution in [2.75, 3.05) is 0 Å². The Morgan fingerprint density at radius 3 is 2.18 bits per heavy atom. The maximum absolute atomic E-state index is 12.4. The Bertz CT molecular complexity index is 291. The maximum Gasteiger partial charge on any atom is 0.331 e. The minimum atomic E-state index is -3.40. The van der Waals surface area contributed by atoms with E-state index in [0.717, 1.165) is 51.4 Å². The van der Waals surface area contributed by atoms with Crippen molar-refractivity contribution in [3.8, 4) is 0 Å². The zero-order chi connectivity index (χ0) is 12.4. The van der Waals surface area contributed by atoms with Crippen LogP contribution in [0.15, 0.2) is 0 Å². The van der Waals surface area contributed by atoms with Gasteiger partial charge in [0, 0.05) is 0 Å². The van der Waals surface area contributed by atoms with Crippen molar-refractivity contribution in [1.82, 2.24) is 0 Å². The normalized spacial score (nSPS) is 29.8. The van der Waals surface area contributed by atoms with Crippen LogP contribution < -0.4 is 0 Å². The van der Waals surface area contributed by atoms with Gasteiger partial charge in [0.05, 0.1) is 11.3 Å². The van der Waals surface area contributed by atoms with E-state index in [0.29, 0.717) is 0 Å². The molecular weight excluding hydrogens is 235 g/mol. The van der Waals surface area contributed by atoms with E-state index in [1.807, 2.05) is 6.92 Å². The molecule has 0 heterocycles. The molecule has 2 rings (SSSR count). The average molecular weight is 260 g/mol. The van der Waals surface area contributed by atoms with Gasteiger partial charge in [0.15, 0.2) is 0 Å². The molecule has 1 unspecified atom stereocenters. The molecule has 0 saturated heterocycles. The fourth-order valence-corrected chi connectivity index (χ4v) is 5.17. The first-order valence-electron chi connectivity index (χ1n) is 7.05. The molecule has 2 fully saturated rings. The molecule has 1 atom stereocenters. The van der Waals surface area contributed by atoms with Gasteiger partial charge in [0.25, 0.3) is 0 Å². The molecule has 17 heavy (non-hydrogen) atoms. The van der Waals surface area contributed by atoms with Gasteiger partial charge in [-0.1, -0.05) is 38.5 Å². The van der Waals surface area contributed by atoms with Gasteiger partial charge in [-0.15, -0.1) is 0 Å². The number of hydrogen-bond acceptors (Lipinski definition) is 2. The summed E-state index contributed by atoms with van der Waals surface area (Å²) in [5, 5.41) is 0. The molecule has 0 aromatic rings. The summed E-state index contributed by atoms with van der Waals surface area (Å²) in [6.07, 6.45) is 10.4. The molecule has 100 valence electrons. The first-order chi connectivity index (χ1) is 8.02. The summed E-state index contributed by atoms with van der Waals surface area (Å²) in [5.41, 5.74) is -0.449. The second kappa shape index (κ2) is 5.42. The van der Waals surface area contributed by atoms with Crippen molar-refractivity contribution in [2.45, 2.75) is 82.4 Å². The van der Waals surface area contributed by atoms with Crippen LogP contribution in [-0.2, 0) is 9.09 Å². The van der Waals surface area contributed by atoms with Gasteiger partial charge in [-0.2, -0.15) is 0 Å². The highest BCUT2D eigenvalue weighted by Gasteiger charge is 2.40. The average Bonchev–Trinajstić information content (AvgIpc) is 2.30. The summed E-state index contributed by atoms with van der Waals surface area (Å²) in [6.45, 7) is 2.01. The summed E-state index contributed by atoms with van der Waals surface area (Å²) in [7, 11) is -3.40. The Balaban J connectivity index is 1.97. The van der Waals surface area contributed by atoms with Gasteiger partial charge in [-0.25, -0.2) is 0 Å². The molecule has 0 aromatic carbocycles. The highest BCUT2D eigenvalue weighted by Crippen LogP contribution is 2.57. The third-order valence-electron chi connectivity index (χ3n) is 4.30. The summed E-state index contributed by atoms with van der Waals surface area (Å²) < 4.78 is 18.1. The predicted molar refractivity (Wildman–Crippen MR) is 69.3 cm³/mol. The number of hydrogen-bond donors (Lipinski definition) is 1. The Hall–Kier alpha value is 0.150. The van der Waals surface area contributed by atoms with Gasteiger partial charge in [-0.05, 0) is 32.6 Å². The highest BCUT2D eigenvalue weighted by molar-refractivity contribution is 7.53. The third-order valence-corrected chi connectivity index (χ3v) is 6.44. The molecular formula is C13H25O3P. The smallest absolute Gasteiger partial charge is 0.324 e. The molecule has 0 bridgehead atoms. The van der Waals surface area contributed by atoms with Crippen molar-refractivity contribution in [3.05, 3.63) is 0 Å². The van der Waals surface area contributed by atoms with Gasteiger partial charge >= 0.3 is 7.60 Å². The second-order valence-corrected chi connectivity index (χ2v) is 8.00. The molecule has 0 aromatic heterocycles. The molecule has 0 aliphatic heterocycles. The van der Waals surface area contributed by atoms with Crippen molar-refractivity contribution >= 4 is 7.60 Å². The van der Waals surface area contributed by atoms with Gasteiger partial charge in [0.1, 0.15) is 0 Å². The van der Waals surface area contributed by atoms with Crippen LogP contribution in [0.25, 0.3) is 0 Å². The van der Waals surface area contributed by atoms with Crippen LogP contribution >= 0.6 is 7.60 Å². The van der Waals surface area contributed by atoms with Crippen LogP contribution in [0, 0.1) is 0 Å². The summed E-state index contributed by atoms with van der Waals surface area (Å²) in [6, 6.07) is 0. The lowest BCUT2D eigenvalue weighted by Gasteiger charge is -2.37. The topological polar surface area (TPSA) is 46.5 Å². The zero-order valence-corrected chi connectivity index (χ0v) is 11.8. The summed E-state index contributed by atoms with van der Waals surface area (Å²) in [4.78, 5) is 10.2. The van der Waals surface area contributed by atoms with Gasteiger partial charge in [0.2, 0.25) is 0 Å². The van der Waals surface area contributed by atoms with E-state index in [4.69, 9.17) is 4.52 Å². The van der Waals surface area contributed by atoms with E-state index in [2.05, 4.69) is 0 Å². The van der Waals surface area contributed by atoms with Crippen LogP contribution in [-0.4, -0.2) is 16.2 Å². The minimum Gasteiger partial charge on any atom is -0.324 e. The third kappa shape index (κ3) is 3.56. The maximum atomic E-state index is 12.4. The van der Waals surface area contributed by atoms with E-state index >= 15 is 0 Å². The molecule has 3 nitrogen and oxygen atoms in total. The lowest BCUT2D eigenvalue weighted by atomic mass is 9.87. The number of rotatable bonds is 3. The Labute approximate surface area is 104 Å². The fraction of sp³-hybridized carbons (Fsp3) is 1.00. The molecule has 1 N–H and O–H groups in total. The SMILES string of the molecule is CC1(OP(=O)(O)C2CCCCC2)CCCCC1. The monoisotopic (exact) mass is 260 g/mol. The van der Waals surface area contributed by atoms with E-state index in [9.17, 15) is 9.46 Å². The van der Waals surface area contributed by atoms with Crippen LogP contribution in [0.2, 0.25) is 0 Å². The fourth-order valence-electron chi connectivity index (χ4n) is 3.19. The molecule has 2 aliphatic carbocycles. The Kier molecular flexibility index (Phi) is 4.33. The minimum absolute atomic E-state index is 0.102. The summed E-state index contributed by atoms with van der Waals surface area (Å²) in [5.74, 6) is 0. The Morgan fingerprint density at radius 1 is 1.06 bits per heavy atom. The second-order valence-electron chi connectivity index (χ2n) is 5.96. The molecule has 0 amide bonds. The van der Waals surface area contributed by atoms with Gasteiger partial charge in [-0.3, -0.25) is 4.57 Å². The van der Waals surface area contributed by atoms with E-state index in [1.165, 1.54) is 12.8 Å². The highest BCUT2D eigenvalue weighted by atomic mass is 31.2. The Morgan fingerprint density at radius 2 is 1.59 bits per heavy atom. The molecule has 0 radical (unpaired) electrons. The van der Waals surface area contributed by atoms with E-state index in [-0.39, 0.29) is 11.3 Å². The van der Waals surface area contributed by atoms with E-state index < -0.39 is 7.60 Å². The van der Waals surface area contributed by atoms with Gasteiger partial charge < -0.3 is 9.42 Å². The summed E-state index contributed by atoms with van der Waals surface area (Å²) >= 11 is 0. The molecule has 2 saturated carbocycles. The zero-order valence-electron chi connectivity index (χ0n) is 10.9. The van der Waals surface area contributed by atoms with Crippen LogP contribution in [0.5, 0.6) is 0 Å². The largest absolute Gasteiger partial charge is 0.331 e.